The minimum absolute atomic E-state index is 0.127. The third kappa shape index (κ3) is 5.00. The van der Waals surface area contributed by atoms with Crippen molar-refractivity contribution in [2.24, 2.45) is 0 Å². The predicted molar refractivity (Wildman–Crippen MR) is 168 cm³/mol. The second-order valence-electron chi connectivity index (χ2n) is 10.2. The van der Waals surface area contributed by atoms with Gasteiger partial charge in [-0.25, -0.2) is 4.79 Å². The molecule has 0 atom stereocenters. The standard InChI is InChI=1S/C36H30N2O6/c1-4-44-36(41)33-32(37-35(40)27-16-10-15-26-31(27)24-13-8-9-14-25(24)34(26)39)28(21-38(33)20-22-11-6-5-7-12-22)23-17-18-29(42-2)30(19-23)43-3/h5-19,21H,4,20H2,1-3H3,(H,37,40). The molecule has 1 N–H and O–H groups in total. The summed E-state index contributed by atoms with van der Waals surface area (Å²) in [5.41, 5.74) is 5.32. The summed E-state index contributed by atoms with van der Waals surface area (Å²) in [4.78, 5) is 40.9. The topological polar surface area (TPSA) is 95.9 Å². The summed E-state index contributed by atoms with van der Waals surface area (Å²) in [6.45, 7) is 2.24. The van der Waals surface area contributed by atoms with Crippen LogP contribution in [0.4, 0.5) is 5.69 Å². The first-order chi connectivity index (χ1) is 21.4. The Morgan fingerprint density at radius 2 is 1.48 bits per heavy atom. The van der Waals surface area contributed by atoms with E-state index in [1.165, 1.54) is 0 Å². The highest BCUT2D eigenvalue weighted by Gasteiger charge is 2.32. The van der Waals surface area contributed by atoms with Crippen molar-refractivity contribution in [1.29, 1.82) is 0 Å². The molecule has 8 nitrogen and oxygen atoms in total. The van der Waals surface area contributed by atoms with Crippen molar-refractivity contribution >= 4 is 23.3 Å². The second-order valence-corrected chi connectivity index (χ2v) is 10.2. The van der Waals surface area contributed by atoms with Crippen molar-refractivity contribution in [3.05, 3.63) is 125 Å². The highest BCUT2D eigenvalue weighted by molar-refractivity contribution is 6.25. The lowest BCUT2D eigenvalue weighted by molar-refractivity contribution is 0.0515. The zero-order valence-electron chi connectivity index (χ0n) is 24.5. The molecule has 6 rings (SSSR count). The van der Waals surface area contributed by atoms with Gasteiger partial charge in [0.05, 0.1) is 26.5 Å². The van der Waals surface area contributed by atoms with Crippen LogP contribution in [-0.2, 0) is 11.3 Å². The fourth-order valence-electron chi connectivity index (χ4n) is 5.67. The molecule has 0 aliphatic heterocycles. The third-order valence-corrected chi connectivity index (χ3v) is 7.67. The second kappa shape index (κ2) is 11.9. The van der Waals surface area contributed by atoms with Crippen LogP contribution in [0.25, 0.3) is 22.3 Å². The Bertz CT molecular complexity index is 1910. The van der Waals surface area contributed by atoms with E-state index in [9.17, 15) is 14.4 Å². The Morgan fingerprint density at radius 3 is 2.20 bits per heavy atom. The Hall–Kier alpha value is -5.63. The number of aromatic nitrogens is 1. The average molecular weight is 587 g/mol. The first-order valence-electron chi connectivity index (χ1n) is 14.2. The van der Waals surface area contributed by atoms with E-state index >= 15 is 0 Å². The molecule has 0 spiro atoms. The van der Waals surface area contributed by atoms with Gasteiger partial charge in [0.15, 0.2) is 23.0 Å². The van der Waals surface area contributed by atoms with Crippen molar-refractivity contribution in [3.63, 3.8) is 0 Å². The number of amides is 1. The third-order valence-electron chi connectivity index (χ3n) is 7.67. The lowest BCUT2D eigenvalue weighted by Crippen LogP contribution is -2.19. The minimum atomic E-state index is -0.579. The summed E-state index contributed by atoms with van der Waals surface area (Å²) in [7, 11) is 3.10. The van der Waals surface area contributed by atoms with Crippen molar-refractivity contribution in [3.8, 4) is 33.8 Å². The van der Waals surface area contributed by atoms with E-state index in [2.05, 4.69) is 5.32 Å². The van der Waals surface area contributed by atoms with Crippen molar-refractivity contribution in [2.45, 2.75) is 13.5 Å². The fraction of sp³-hybridized carbons (Fsp3) is 0.139. The van der Waals surface area contributed by atoms with Crippen LogP contribution in [0.1, 0.15) is 49.3 Å². The highest BCUT2D eigenvalue weighted by Crippen LogP contribution is 2.41. The highest BCUT2D eigenvalue weighted by atomic mass is 16.5. The summed E-state index contributed by atoms with van der Waals surface area (Å²) in [5.74, 6) is -0.135. The first kappa shape index (κ1) is 28.5. The number of nitrogens with zero attached hydrogens (tertiary/aromatic N) is 1. The molecule has 4 aromatic carbocycles. The van der Waals surface area contributed by atoms with Gasteiger partial charge in [0.1, 0.15) is 0 Å². The number of hydrogen-bond acceptors (Lipinski definition) is 6. The van der Waals surface area contributed by atoms with E-state index < -0.39 is 11.9 Å². The maximum absolute atomic E-state index is 14.2. The molecule has 220 valence electrons. The van der Waals surface area contributed by atoms with E-state index in [0.29, 0.717) is 57.0 Å². The van der Waals surface area contributed by atoms with Gasteiger partial charge in [-0.2, -0.15) is 0 Å². The molecule has 1 aromatic heterocycles. The molecule has 0 unspecified atom stereocenters. The Labute approximate surface area is 254 Å². The van der Waals surface area contributed by atoms with Gasteiger partial charge in [0.2, 0.25) is 0 Å². The molecular weight excluding hydrogens is 556 g/mol. The number of ketones is 1. The van der Waals surface area contributed by atoms with Gasteiger partial charge in [-0.05, 0) is 41.8 Å². The number of benzene rings is 4. The Kier molecular flexibility index (Phi) is 7.72. The van der Waals surface area contributed by atoms with Crippen LogP contribution < -0.4 is 14.8 Å². The van der Waals surface area contributed by atoms with E-state index in [1.807, 2.05) is 54.7 Å². The average Bonchev–Trinajstić information content (AvgIpc) is 3.55. The fourth-order valence-corrected chi connectivity index (χ4v) is 5.67. The smallest absolute Gasteiger partial charge is 0.357 e. The molecule has 0 fully saturated rings. The van der Waals surface area contributed by atoms with Gasteiger partial charge in [0.25, 0.3) is 5.91 Å². The summed E-state index contributed by atoms with van der Waals surface area (Å²) in [5, 5.41) is 3.04. The number of hydrogen-bond donors (Lipinski definition) is 1. The molecule has 0 bridgehead atoms. The van der Waals surface area contributed by atoms with Gasteiger partial charge in [-0.1, -0.05) is 72.8 Å². The number of carbonyl (C=O) groups excluding carboxylic acids is 3. The van der Waals surface area contributed by atoms with E-state index in [1.54, 1.807) is 68.2 Å². The molecule has 1 heterocycles. The molecule has 8 heteroatoms. The van der Waals surface area contributed by atoms with Crippen LogP contribution in [0.2, 0.25) is 0 Å². The number of carbonyl (C=O) groups is 3. The molecule has 0 saturated carbocycles. The lowest BCUT2D eigenvalue weighted by Gasteiger charge is -2.14. The summed E-state index contributed by atoms with van der Waals surface area (Å²) in [6.07, 6.45) is 1.82. The van der Waals surface area contributed by atoms with Crippen LogP contribution in [0.5, 0.6) is 11.5 Å². The van der Waals surface area contributed by atoms with E-state index in [-0.39, 0.29) is 23.8 Å². The number of rotatable bonds is 9. The van der Waals surface area contributed by atoms with Crippen molar-refractivity contribution in [1.82, 2.24) is 4.57 Å². The Balaban J connectivity index is 1.52. The normalized spacial score (nSPS) is 11.5. The predicted octanol–water partition coefficient (Wildman–Crippen LogP) is 6.86. The molecule has 1 aliphatic carbocycles. The maximum atomic E-state index is 14.2. The van der Waals surface area contributed by atoms with Crippen LogP contribution >= 0.6 is 0 Å². The number of ether oxygens (including phenoxy) is 3. The lowest BCUT2D eigenvalue weighted by atomic mass is 9.98. The molecule has 0 radical (unpaired) electrons. The number of anilines is 1. The summed E-state index contributed by atoms with van der Waals surface area (Å²) < 4.78 is 18.3. The minimum Gasteiger partial charge on any atom is -0.493 e. The van der Waals surface area contributed by atoms with Crippen molar-refractivity contribution < 1.29 is 28.6 Å². The number of methoxy groups -OCH3 is 2. The summed E-state index contributed by atoms with van der Waals surface area (Å²) >= 11 is 0. The number of esters is 1. The molecule has 44 heavy (non-hydrogen) atoms. The zero-order valence-corrected chi connectivity index (χ0v) is 24.5. The molecular formula is C36H30N2O6. The quantitative estimate of drug-likeness (QED) is 0.186. The van der Waals surface area contributed by atoms with Gasteiger partial charge in [-0.3, -0.25) is 9.59 Å². The molecule has 5 aromatic rings. The first-order valence-corrected chi connectivity index (χ1v) is 14.2. The molecule has 1 amide bonds. The maximum Gasteiger partial charge on any atom is 0.357 e. The van der Waals surface area contributed by atoms with Crippen LogP contribution in [-0.4, -0.2) is 43.1 Å². The molecule has 0 saturated heterocycles. The Morgan fingerprint density at radius 1 is 0.773 bits per heavy atom. The number of fused-ring (bicyclic) bond motifs is 3. The summed E-state index contributed by atoms with van der Waals surface area (Å²) in [6, 6.07) is 27.5. The number of nitrogens with one attached hydrogen (secondary N) is 1. The van der Waals surface area contributed by atoms with Crippen LogP contribution in [0.3, 0.4) is 0 Å². The van der Waals surface area contributed by atoms with E-state index in [4.69, 9.17) is 14.2 Å². The monoisotopic (exact) mass is 586 g/mol. The molecule has 1 aliphatic rings. The van der Waals surface area contributed by atoms with Gasteiger partial charge >= 0.3 is 5.97 Å². The van der Waals surface area contributed by atoms with Gasteiger partial charge in [-0.15, -0.1) is 0 Å². The zero-order chi connectivity index (χ0) is 30.8. The van der Waals surface area contributed by atoms with Crippen LogP contribution in [0.15, 0.2) is 97.2 Å². The van der Waals surface area contributed by atoms with Gasteiger partial charge in [0, 0.05) is 40.6 Å². The van der Waals surface area contributed by atoms with Crippen LogP contribution in [0, 0.1) is 0 Å². The largest absolute Gasteiger partial charge is 0.493 e. The van der Waals surface area contributed by atoms with Gasteiger partial charge < -0.3 is 24.1 Å². The SMILES string of the molecule is CCOC(=O)c1c(NC(=O)c2cccc3c2-c2ccccc2C3=O)c(-c2ccc(OC)c(OC)c2)cn1Cc1ccccc1. The van der Waals surface area contributed by atoms with E-state index in [0.717, 1.165) is 5.56 Å². The van der Waals surface area contributed by atoms with Crippen molar-refractivity contribution in [2.75, 3.05) is 26.1 Å².